The maximum Gasteiger partial charge on any atom is 0.308 e. The van der Waals surface area contributed by atoms with Gasteiger partial charge in [-0.05, 0) is 36.5 Å². The molecule has 1 aromatic carbocycles. The van der Waals surface area contributed by atoms with Crippen LogP contribution in [-0.2, 0) is 9.59 Å². The number of anilines is 1. The Kier molecular flexibility index (Phi) is 4.35. The third-order valence-electron chi connectivity index (χ3n) is 4.43. The lowest BCUT2D eigenvalue weighted by Crippen LogP contribution is -2.53. The normalized spacial score (nSPS) is 26.2. The molecule has 114 valence electrons. The molecule has 0 radical (unpaired) electrons. The largest absolute Gasteiger partial charge is 0.481 e. The average molecular weight is 289 g/mol. The van der Waals surface area contributed by atoms with Crippen molar-refractivity contribution in [3.63, 3.8) is 0 Å². The number of benzene rings is 1. The maximum atomic E-state index is 12.3. The lowest BCUT2D eigenvalue weighted by Gasteiger charge is -2.40. The predicted octanol–water partition coefficient (Wildman–Crippen LogP) is 3.27. The Morgan fingerprint density at radius 1 is 1.24 bits per heavy atom. The highest BCUT2D eigenvalue weighted by Crippen LogP contribution is 2.34. The summed E-state index contributed by atoms with van der Waals surface area (Å²) < 4.78 is 0. The first kappa shape index (κ1) is 15.5. The van der Waals surface area contributed by atoms with Gasteiger partial charge in [0, 0.05) is 18.2 Å². The fraction of sp³-hybridized carbons (Fsp3) is 0.529. The zero-order valence-electron chi connectivity index (χ0n) is 13.0. The third-order valence-corrected chi connectivity index (χ3v) is 4.43. The Bertz CT molecular complexity index is 535. The average Bonchev–Trinajstić information content (AvgIpc) is 2.38. The van der Waals surface area contributed by atoms with Gasteiger partial charge in [0.2, 0.25) is 5.91 Å². The van der Waals surface area contributed by atoms with Gasteiger partial charge in [0.05, 0.1) is 5.92 Å². The molecule has 1 fully saturated rings. The van der Waals surface area contributed by atoms with Gasteiger partial charge in [-0.15, -0.1) is 0 Å². The Morgan fingerprint density at radius 2 is 1.81 bits per heavy atom. The summed E-state index contributed by atoms with van der Waals surface area (Å²) >= 11 is 0. The molecular weight excluding hydrogens is 266 g/mol. The van der Waals surface area contributed by atoms with Crippen molar-refractivity contribution < 1.29 is 14.7 Å². The number of rotatable bonds is 3. The van der Waals surface area contributed by atoms with Crippen LogP contribution >= 0.6 is 0 Å². The summed E-state index contributed by atoms with van der Waals surface area (Å²) in [5.74, 6) is -1.04. The Morgan fingerprint density at radius 3 is 2.29 bits per heavy atom. The zero-order valence-corrected chi connectivity index (χ0v) is 13.0. The van der Waals surface area contributed by atoms with Crippen LogP contribution in [0.2, 0.25) is 0 Å². The van der Waals surface area contributed by atoms with Gasteiger partial charge < -0.3 is 10.0 Å². The first-order valence-corrected chi connectivity index (χ1v) is 7.47. The number of carboxylic acid groups (broad SMARTS) is 1. The van der Waals surface area contributed by atoms with Crippen LogP contribution in [-0.4, -0.2) is 23.0 Å². The quantitative estimate of drug-likeness (QED) is 0.929. The van der Waals surface area contributed by atoms with E-state index in [9.17, 15) is 14.7 Å². The van der Waals surface area contributed by atoms with Gasteiger partial charge in [-0.25, -0.2) is 0 Å². The fourth-order valence-electron chi connectivity index (χ4n) is 3.21. The van der Waals surface area contributed by atoms with Crippen molar-refractivity contribution in [2.75, 3.05) is 4.90 Å². The van der Waals surface area contributed by atoms with Crippen molar-refractivity contribution in [2.24, 2.45) is 11.8 Å². The van der Waals surface area contributed by atoms with E-state index in [1.165, 1.54) is 5.56 Å². The van der Waals surface area contributed by atoms with E-state index in [0.29, 0.717) is 5.92 Å². The summed E-state index contributed by atoms with van der Waals surface area (Å²) in [6.07, 6.45) is 0.285. The van der Waals surface area contributed by atoms with Gasteiger partial charge >= 0.3 is 5.97 Å². The van der Waals surface area contributed by atoms with Crippen LogP contribution in [0.5, 0.6) is 0 Å². The van der Waals surface area contributed by atoms with Crippen molar-refractivity contribution in [1.29, 1.82) is 0 Å². The number of hydrogen-bond acceptors (Lipinski definition) is 2. The molecule has 0 bridgehead atoms. The minimum Gasteiger partial charge on any atom is -0.481 e. The molecule has 1 aliphatic rings. The number of carbonyl (C=O) groups is 2. The Balaban J connectivity index is 2.32. The van der Waals surface area contributed by atoms with E-state index in [2.05, 4.69) is 13.8 Å². The van der Waals surface area contributed by atoms with E-state index in [4.69, 9.17) is 0 Å². The van der Waals surface area contributed by atoms with Crippen molar-refractivity contribution in [1.82, 2.24) is 0 Å². The number of carboxylic acids is 1. The summed E-state index contributed by atoms with van der Waals surface area (Å²) in [4.78, 5) is 25.4. The van der Waals surface area contributed by atoms with Crippen molar-refractivity contribution in [2.45, 2.75) is 46.1 Å². The second kappa shape index (κ2) is 5.88. The standard InChI is InChI=1S/C17H23NO3/c1-10(2)13-5-7-14(8-6-13)18-12(4)16(17(20)21)11(3)9-15(18)19/h5-8,10-12,16H,9H2,1-4H3,(H,20,21). The first-order chi connectivity index (χ1) is 9.82. The van der Waals surface area contributed by atoms with E-state index in [-0.39, 0.29) is 24.3 Å². The summed E-state index contributed by atoms with van der Waals surface area (Å²) in [5, 5.41) is 9.41. The van der Waals surface area contributed by atoms with Gasteiger partial charge in [0.15, 0.2) is 0 Å². The second-order valence-corrected chi connectivity index (χ2v) is 6.30. The highest BCUT2D eigenvalue weighted by molar-refractivity contribution is 5.96. The molecule has 1 aromatic rings. The summed E-state index contributed by atoms with van der Waals surface area (Å²) in [5.41, 5.74) is 1.99. The Labute approximate surface area is 125 Å². The fourth-order valence-corrected chi connectivity index (χ4v) is 3.21. The summed E-state index contributed by atoms with van der Waals surface area (Å²) in [6.45, 7) is 7.90. The molecule has 4 heteroatoms. The van der Waals surface area contributed by atoms with Gasteiger partial charge in [0.1, 0.15) is 0 Å². The molecule has 1 N–H and O–H groups in total. The van der Waals surface area contributed by atoms with Crippen LogP contribution in [0.25, 0.3) is 0 Å². The number of aliphatic carboxylic acids is 1. The monoisotopic (exact) mass is 289 g/mol. The van der Waals surface area contributed by atoms with Crippen LogP contribution in [0.1, 0.15) is 45.6 Å². The van der Waals surface area contributed by atoms with Crippen LogP contribution in [0, 0.1) is 11.8 Å². The molecular formula is C17H23NO3. The van der Waals surface area contributed by atoms with Crippen molar-refractivity contribution in [3.8, 4) is 0 Å². The molecule has 1 saturated heterocycles. The molecule has 0 aliphatic carbocycles. The third kappa shape index (κ3) is 2.94. The van der Waals surface area contributed by atoms with Crippen LogP contribution in [0.15, 0.2) is 24.3 Å². The zero-order chi connectivity index (χ0) is 15.7. The molecule has 21 heavy (non-hydrogen) atoms. The molecule has 1 heterocycles. The molecule has 0 aromatic heterocycles. The number of carbonyl (C=O) groups excluding carboxylic acids is 1. The Hall–Kier alpha value is -1.84. The van der Waals surface area contributed by atoms with E-state index < -0.39 is 11.9 Å². The maximum absolute atomic E-state index is 12.3. The molecule has 4 nitrogen and oxygen atoms in total. The minimum absolute atomic E-state index is 0.00444. The van der Waals surface area contributed by atoms with Gasteiger partial charge in [-0.3, -0.25) is 9.59 Å². The molecule has 1 aliphatic heterocycles. The molecule has 3 atom stereocenters. The molecule has 0 saturated carbocycles. The number of piperidine rings is 1. The highest BCUT2D eigenvalue weighted by Gasteiger charge is 2.42. The molecule has 1 amide bonds. The van der Waals surface area contributed by atoms with Gasteiger partial charge in [-0.2, -0.15) is 0 Å². The van der Waals surface area contributed by atoms with E-state index in [1.807, 2.05) is 38.1 Å². The van der Waals surface area contributed by atoms with E-state index in [0.717, 1.165) is 5.69 Å². The smallest absolute Gasteiger partial charge is 0.308 e. The van der Waals surface area contributed by atoms with E-state index >= 15 is 0 Å². The number of amides is 1. The first-order valence-electron chi connectivity index (χ1n) is 7.47. The van der Waals surface area contributed by atoms with E-state index in [1.54, 1.807) is 4.90 Å². The minimum atomic E-state index is -0.827. The predicted molar refractivity (Wildman–Crippen MR) is 82.4 cm³/mol. The lowest BCUT2D eigenvalue weighted by molar-refractivity contribution is -0.146. The number of nitrogens with zero attached hydrogens (tertiary/aromatic N) is 1. The summed E-state index contributed by atoms with van der Waals surface area (Å²) in [6, 6.07) is 7.52. The van der Waals surface area contributed by atoms with Crippen LogP contribution < -0.4 is 4.90 Å². The van der Waals surface area contributed by atoms with Crippen LogP contribution in [0.4, 0.5) is 5.69 Å². The highest BCUT2D eigenvalue weighted by atomic mass is 16.4. The van der Waals surface area contributed by atoms with Gasteiger partial charge in [0.25, 0.3) is 0 Å². The van der Waals surface area contributed by atoms with Crippen molar-refractivity contribution >= 4 is 17.6 Å². The molecule has 0 spiro atoms. The second-order valence-electron chi connectivity index (χ2n) is 6.30. The number of hydrogen-bond donors (Lipinski definition) is 1. The van der Waals surface area contributed by atoms with Crippen molar-refractivity contribution in [3.05, 3.63) is 29.8 Å². The topological polar surface area (TPSA) is 57.6 Å². The van der Waals surface area contributed by atoms with Crippen LogP contribution in [0.3, 0.4) is 0 Å². The lowest BCUT2D eigenvalue weighted by atomic mass is 9.80. The molecule has 2 rings (SSSR count). The van der Waals surface area contributed by atoms with Gasteiger partial charge in [-0.1, -0.05) is 32.9 Å². The molecule has 3 unspecified atom stereocenters. The summed E-state index contributed by atoms with van der Waals surface area (Å²) in [7, 11) is 0. The SMILES string of the molecule is CC(C)c1ccc(N2C(=O)CC(C)C(C(=O)O)C2C)cc1.